The van der Waals surface area contributed by atoms with Gasteiger partial charge in [-0.2, -0.15) is 0 Å². The summed E-state index contributed by atoms with van der Waals surface area (Å²) in [6.07, 6.45) is -0.143. The second kappa shape index (κ2) is 13.7. The fraction of sp³-hybridized carbons (Fsp3) is 0.643. The van der Waals surface area contributed by atoms with Crippen molar-refractivity contribution in [2.75, 3.05) is 40.1 Å². The Bertz CT molecular complexity index is 1090. The van der Waals surface area contributed by atoms with E-state index in [1.165, 1.54) is 12.0 Å². The third-order valence-corrected chi connectivity index (χ3v) is 8.13. The van der Waals surface area contributed by atoms with Gasteiger partial charge in [0, 0.05) is 12.5 Å². The second-order valence-corrected chi connectivity index (χ2v) is 12.5. The van der Waals surface area contributed by atoms with Gasteiger partial charge in [0.2, 0.25) is 3.79 Å². The number of methoxy groups -OCH3 is 1. The smallest absolute Gasteiger partial charge is 0.410 e. The summed E-state index contributed by atoms with van der Waals surface area (Å²) in [6.45, 7) is 4.29. The van der Waals surface area contributed by atoms with E-state index in [4.69, 9.17) is 58.5 Å². The summed E-state index contributed by atoms with van der Waals surface area (Å²) in [4.78, 5) is 56.2. The molecule has 228 valence electrons. The molecule has 0 spiro atoms. The van der Waals surface area contributed by atoms with E-state index in [0.29, 0.717) is 17.7 Å². The lowest BCUT2D eigenvalue weighted by molar-refractivity contribution is -0.201. The van der Waals surface area contributed by atoms with Crippen molar-refractivity contribution in [2.45, 2.75) is 56.3 Å². The maximum Gasteiger partial charge on any atom is 0.410 e. The van der Waals surface area contributed by atoms with E-state index >= 15 is 0 Å². The van der Waals surface area contributed by atoms with Gasteiger partial charge in [-0.25, -0.2) is 4.79 Å². The SMILES string of the molecule is CCOC(=O)C1(C(=O)OCC)CCC[C@@]2(C(=O)OCC)CN(C(=O)OCC(Cl)(Cl)Cl)[C@@H](c3ccc(OC)cc3)C[C@@H]12. The van der Waals surface area contributed by atoms with Crippen molar-refractivity contribution in [1.82, 2.24) is 4.90 Å². The van der Waals surface area contributed by atoms with Gasteiger partial charge in [-0.1, -0.05) is 53.4 Å². The Labute approximate surface area is 254 Å². The fourth-order valence-corrected chi connectivity index (χ4v) is 6.28. The third kappa shape index (κ3) is 6.81. The molecule has 1 aliphatic heterocycles. The van der Waals surface area contributed by atoms with Gasteiger partial charge in [-0.3, -0.25) is 14.4 Å². The Morgan fingerprint density at radius 2 is 1.44 bits per heavy atom. The Morgan fingerprint density at radius 3 is 1.95 bits per heavy atom. The molecule has 0 bridgehead atoms. The van der Waals surface area contributed by atoms with Gasteiger partial charge in [0.1, 0.15) is 12.4 Å². The Hall–Kier alpha value is -2.43. The number of likely N-dealkylation sites (tertiary alicyclic amines) is 1. The molecule has 0 radical (unpaired) electrons. The zero-order valence-electron chi connectivity index (χ0n) is 23.6. The minimum absolute atomic E-state index is 0.0195. The summed E-state index contributed by atoms with van der Waals surface area (Å²) >= 11 is 17.5. The van der Waals surface area contributed by atoms with E-state index in [1.54, 1.807) is 45.0 Å². The van der Waals surface area contributed by atoms with E-state index in [0.717, 1.165) is 0 Å². The van der Waals surface area contributed by atoms with Crippen LogP contribution in [-0.2, 0) is 33.3 Å². The molecule has 3 rings (SSSR count). The summed E-state index contributed by atoms with van der Waals surface area (Å²) in [5.41, 5.74) is -2.59. The first-order valence-corrected chi connectivity index (χ1v) is 14.7. The van der Waals surface area contributed by atoms with Gasteiger partial charge in [0.15, 0.2) is 5.41 Å². The van der Waals surface area contributed by atoms with Gasteiger partial charge in [-0.15, -0.1) is 0 Å². The van der Waals surface area contributed by atoms with E-state index in [-0.39, 0.29) is 45.6 Å². The molecular weight excluding hydrogens is 601 g/mol. The molecule has 0 N–H and O–H groups in total. The number of carbonyl (C=O) groups excluding carboxylic acids is 4. The molecule has 1 amide bonds. The number of esters is 3. The molecule has 1 aromatic carbocycles. The van der Waals surface area contributed by atoms with Crippen LogP contribution in [0.1, 0.15) is 58.1 Å². The number of piperidine rings is 1. The molecule has 2 aliphatic rings. The molecule has 10 nitrogen and oxygen atoms in total. The van der Waals surface area contributed by atoms with E-state index in [2.05, 4.69) is 0 Å². The second-order valence-electron chi connectivity index (χ2n) is 10.0. The molecule has 0 aromatic heterocycles. The highest BCUT2D eigenvalue weighted by Gasteiger charge is 2.69. The predicted octanol–water partition coefficient (Wildman–Crippen LogP) is 5.41. The van der Waals surface area contributed by atoms with Crippen molar-refractivity contribution >= 4 is 58.8 Å². The van der Waals surface area contributed by atoms with Crippen LogP contribution >= 0.6 is 34.8 Å². The highest BCUT2D eigenvalue weighted by Crippen LogP contribution is 2.60. The molecule has 3 atom stereocenters. The average Bonchev–Trinajstić information content (AvgIpc) is 2.94. The van der Waals surface area contributed by atoms with Crippen molar-refractivity contribution in [3.05, 3.63) is 29.8 Å². The first-order valence-electron chi connectivity index (χ1n) is 13.6. The number of carbonyl (C=O) groups is 4. The monoisotopic (exact) mass is 635 g/mol. The highest BCUT2D eigenvalue weighted by atomic mass is 35.6. The molecule has 1 saturated heterocycles. The van der Waals surface area contributed by atoms with Crippen molar-refractivity contribution in [1.29, 1.82) is 0 Å². The van der Waals surface area contributed by atoms with Crippen molar-refractivity contribution in [3.8, 4) is 5.75 Å². The minimum atomic E-state index is -1.86. The average molecular weight is 637 g/mol. The maximum atomic E-state index is 13.8. The molecule has 1 aromatic rings. The number of hydrogen-bond acceptors (Lipinski definition) is 9. The number of fused-ring (bicyclic) bond motifs is 1. The molecule has 13 heteroatoms. The lowest BCUT2D eigenvalue weighted by atomic mass is 9.50. The highest BCUT2D eigenvalue weighted by molar-refractivity contribution is 6.67. The van der Waals surface area contributed by atoms with Gasteiger partial charge in [-0.05, 0) is 57.7 Å². The van der Waals surface area contributed by atoms with Crippen LogP contribution in [0.2, 0.25) is 0 Å². The number of alkyl halides is 3. The van der Waals surface area contributed by atoms with Crippen LogP contribution in [0.15, 0.2) is 24.3 Å². The van der Waals surface area contributed by atoms with Gasteiger partial charge in [0.05, 0.1) is 38.4 Å². The first-order chi connectivity index (χ1) is 19.4. The lowest BCUT2D eigenvalue weighted by Gasteiger charge is -2.56. The number of rotatable bonds is 9. The molecular formula is C28H36Cl3NO9. The normalized spacial score (nSPS) is 23.5. The largest absolute Gasteiger partial charge is 0.497 e. The number of halogens is 3. The van der Waals surface area contributed by atoms with Crippen molar-refractivity contribution < 1.29 is 42.9 Å². The molecule has 1 saturated carbocycles. The first kappa shape index (κ1) is 33.1. The summed E-state index contributed by atoms with van der Waals surface area (Å²) < 4.78 is 25.2. The number of ether oxygens (including phenoxy) is 5. The Morgan fingerprint density at radius 1 is 0.878 bits per heavy atom. The Kier molecular flexibility index (Phi) is 11.0. The molecule has 1 aliphatic carbocycles. The van der Waals surface area contributed by atoms with E-state index in [9.17, 15) is 19.2 Å². The number of hydrogen-bond donors (Lipinski definition) is 0. The summed E-state index contributed by atoms with van der Waals surface area (Å²) in [6, 6.07) is 6.22. The van der Waals surface area contributed by atoms with Crippen LogP contribution in [0.25, 0.3) is 0 Å². The molecule has 2 fully saturated rings. The summed E-state index contributed by atoms with van der Waals surface area (Å²) in [5, 5.41) is 0. The summed E-state index contributed by atoms with van der Waals surface area (Å²) in [5.74, 6) is -2.50. The van der Waals surface area contributed by atoms with Crippen molar-refractivity contribution in [3.63, 3.8) is 0 Å². The zero-order chi connectivity index (χ0) is 30.4. The van der Waals surface area contributed by atoms with Gasteiger partial charge < -0.3 is 28.6 Å². The minimum Gasteiger partial charge on any atom is -0.497 e. The standard InChI is InChI=1S/C28H36Cl3NO9/c1-5-38-22(33)26-13-8-14-27(23(34)39-6-2,24(35)40-7-3)21(26)15-20(18-9-11-19(37-4)12-10-18)32(16-26)25(36)41-17-28(29,30)31/h9-12,20-21H,5-8,13-17H2,1-4H3/t20-,21-,26-/m1/s1. The van der Waals surface area contributed by atoms with Crippen LogP contribution in [0, 0.1) is 16.7 Å². The van der Waals surface area contributed by atoms with Crippen LogP contribution in [-0.4, -0.2) is 72.8 Å². The van der Waals surface area contributed by atoms with Crippen molar-refractivity contribution in [2.24, 2.45) is 16.7 Å². The molecule has 1 heterocycles. The topological polar surface area (TPSA) is 118 Å². The maximum absolute atomic E-state index is 13.8. The quantitative estimate of drug-likeness (QED) is 0.152. The van der Waals surface area contributed by atoms with Crippen LogP contribution < -0.4 is 4.74 Å². The summed E-state index contributed by atoms with van der Waals surface area (Å²) in [7, 11) is 1.53. The fourth-order valence-electron chi connectivity index (χ4n) is 6.12. The lowest BCUT2D eigenvalue weighted by Crippen LogP contribution is -2.65. The van der Waals surface area contributed by atoms with E-state index in [1.807, 2.05) is 0 Å². The van der Waals surface area contributed by atoms with E-state index < -0.39 is 57.2 Å². The Balaban J connectivity index is 2.22. The molecule has 41 heavy (non-hydrogen) atoms. The van der Waals surface area contributed by atoms with Gasteiger partial charge in [0.25, 0.3) is 0 Å². The molecule has 0 unspecified atom stereocenters. The van der Waals surface area contributed by atoms with Crippen LogP contribution in [0.5, 0.6) is 5.75 Å². The number of nitrogens with zero attached hydrogens (tertiary/aromatic N) is 1. The van der Waals surface area contributed by atoms with Crippen LogP contribution in [0.4, 0.5) is 4.79 Å². The number of amides is 1. The predicted molar refractivity (Wildman–Crippen MR) is 151 cm³/mol. The van der Waals surface area contributed by atoms with Crippen LogP contribution in [0.3, 0.4) is 0 Å². The number of benzene rings is 1. The third-order valence-electron chi connectivity index (χ3n) is 7.80. The van der Waals surface area contributed by atoms with Gasteiger partial charge >= 0.3 is 24.0 Å². The zero-order valence-corrected chi connectivity index (χ0v) is 25.9.